The summed E-state index contributed by atoms with van der Waals surface area (Å²) in [5, 5.41) is 7.09. The van der Waals surface area contributed by atoms with E-state index in [0.29, 0.717) is 17.9 Å². The summed E-state index contributed by atoms with van der Waals surface area (Å²) in [6.07, 6.45) is 2.30. The number of nitrogens with zero attached hydrogens (tertiary/aromatic N) is 2. The molecule has 28 heavy (non-hydrogen) atoms. The molecule has 1 aromatic carbocycles. The van der Waals surface area contributed by atoms with Gasteiger partial charge in [0.05, 0.1) is 32.4 Å². The van der Waals surface area contributed by atoms with E-state index in [1.165, 1.54) is 0 Å². The molecule has 1 fully saturated rings. The van der Waals surface area contributed by atoms with Crippen LogP contribution in [-0.4, -0.2) is 36.6 Å². The highest BCUT2D eigenvalue weighted by Gasteiger charge is 2.30. The maximum atomic E-state index is 13.0. The van der Waals surface area contributed by atoms with Gasteiger partial charge in [0.1, 0.15) is 5.01 Å². The molecule has 1 atom stereocenters. The van der Waals surface area contributed by atoms with Gasteiger partial charge in [0.25, 0.3) is 0 Å². The van der Waals surface area contributed by atoms with Crippen LogP contribution < -0.4 is 9.47 Å². The molecule has 2 aromatic heterocycles. The van der Waals surface area contributed by atoms with Crippen LogP contribution in [0.4, 0.5) is 0 Å². The van der Waals surface area contributed by atoms with E-state index in [2.05, 4.69) is 16.4 Å². The fraction of sp³-hybridized carbons (Fsp3) is 0.333. The van der Waals surface area contributed by atoms with Gasteiger partial charge >= 0.3 is 0 Å². The van der Waals surface area contributed by atoms with Gasteiger partial charge in [-0.2, -0.15) is 11.3 Å². The van der Waals surface area contributed by atoms with E-state index in [0.717, 1.165) is 41.2 Å². The number of carbonyl (C=O) groups excluding carboxylic acids is 1. The summed E-state index contributed by atoms with van der Waals surface area (Å²) >= 11 is 3.25. The smallest absolute Gasteiger partial charge is 0.229 e. The first kappa shape index (κ1) is 19.0. The average Bonchev–Trinajstić information content (AvgIpc) is 3.48. The summed E-state index contributed by atoms with van der Waals surface area (Å²) in [7, 11) is 3.26. The van der Waals surface area contributed by atoms with Gasteiger partial charge in [-0.3, -0.25) is 4.79 Å². The van der Waals surface area contributed by atoms with E-state index >= 15 is 0 Å². The zero-order valence-corrected chi connectivity index (χ0v) is 17.5. The van der Waals surface area contributed by atoms with Crippen LogP contribution >= 0.6 is 22.7 Å². The van der Waals surface area contributed by atoms with Crippen LogP contribution in [0.15, 0.2) is 40.4 Å². The molecular formula is C21H22N2O3S2. The SMILES string of the molecule is COc1ccc(C2CCCN2C(=O)Cc2csc(-c3ccsc3)n2)cc1OC. The molecule has 1 unspecified atom stereocenters. The topological polar surface area (TPSA) is 51.7 Å². The van der Waals surface area contributed by atoms with Gasteiger partial charge in [-0.15, -0.1) is 11.3 Å². The maximum Gasteiger partial charge on any atom is 0.229 e. The summed E-state index contributed by atoms with van der Waals surface area (Å²) in [6.45, 7) is 0.777. The predicted molar refractivity (Wildman–Crippen MR) is 112 cm³/mol. The standard InChI is InChI=1S/C21H22N2O3S2/c1-25-18-6-5-14(10-19(18)26-2)17-4-3-8-23(17)20(24)11-16-13-28-21(22-16)15-7-9-27-12-15/h5-7,9-10,12-13,17H,3-4,8,11H2,1-2H3. The first-order valence-corrected chi connectivity index (χ1v) is 11.0. The van der Waals surface area contributed by atoms with Gasteiger partial charge in [0, 0.05) is 22.9 Å². The van der Waals surface area contributed by atoms with Crippen molar-refractivity contribution in [3.63, 3.8) is 0 Å². The Bertz CT molecular complexity index is 952. The number of hydrogen-bond acceptors (Lipinski definition) is 6. The molecule has 4 rings (SSSR count). The van der Waals surface area contributed by atoms with Crippen molar-refractivity contribution in [1.29, 1.82) is 0 Å². The Morgan fingerprint density at radius 2 is 2.07 bits per heavy atom. The molecule has 1 amide bonds. The Hall–Kier alpha value is -2.38. The third-order valence-corrected chi connectivity index (χ3v) is 6.64. The molecule has 3 heterocycles. The van der Waals surface area contributed by atoms with E-state index in [-0.39, 0.29) is 11.9 Å². The van der Waals surface area contributed by atoms with Gasteiger partial charge in [0.2, 0.25) is 5.91 Å². The lowest BCUT2D eigenvalue weighted by Gasteiger charge is -2.25. The van der Waals surface area contributed by atoms with Crippen LogP contribution in [0.5, 0.6) is 11.5 Å². The molecule has 7 heteroatoms. The van der Waals surface area contributed by atoms with E-state index in [1.807, 2.05) is 33.9 Å². The molecule has 0 N–H and O–H groups in total. The average molecular weight is 415 g/mol. The number of benzene rings is 1. The molecule has 5 nitrogen and oxygen atoms in total. The summed E-state index contributed by atoms with van der Waals surface area (Å²) < 4.78 is 10.8. The van der Waals surface area contributed by atoms with E-state index in [4.69, 9.17) is 9.47 Å². The van der Waals surface area contributed by atoms with Gasteiger partial charge in [-0.1, -0.05) is 6.07 Å². The zero-order valence-electron chi connectivity index (χ0n) is 15.9. The highest BCUT2D eigenvalue weighted by atomic mass is 32.1. The lowest BCUT2D eigenvalue weighted by Crippen LogP contribution is -2.31. The Balaban J connectivity index is 1.49. The molecule has 0 saturated carbocycles. The number of rotatable bonds is 6. The summed E-state index contributed by atoms with van der Waals surface area (Å²) in [4.78, 5) is 19.6. The monoisotopic (exact) mass is 414 g/mol. The molecule has 1 aliphatic rings. The molecule has 0 radical (unpaired) electrons. The fourth-order valence-electron chi connectivity index (χ4n) is 3.64. The van der Waals surface area contributed by atoms with Crippen LogP contribution in [0.1, 0.15) is 30.1 Å². The molecule has 1 aliphatic heterocycles. The fourth-order valence-corrected chi connectivity index (χ4v) is 5.17. The van der Waals surface area contributed by atoms with Crippen molar-refractivity contribution in [3.8, 4) is 22.1 Å². The number of likely N-dealkylation sites (tertiary alicyclic amines) is 1. The minimum Gasteiger partial charge on any atom is -0.493 e. The molecular weight excluding hydrogens is 392 g/mol. The number of thiazole rings is 1. The maximum absolute atomic E-state index is 13.0. The summed E-state index contributed by atoms with van der Waals surface area (Å²) in [5.74, 6) is 1.52. The molecule has 0 spiro atoms. The first-order chi connectivity index (χ1) is 13.7. The van der Waals surface area contributed by atoms with Gasteiger partial charge in [0.15, 0.2) is 11.5 Å². The first-order valence-electron chi connectivity index (χ1n) is 9.18. The summed E-state index contributed by atoms with van der Waals surface area (Å²) in [5.41, 5.74) is 3.05. The van der Waals surface area contributed by atoms with Crippen molar-refractivity contribution in [1.82, 2.24) is 9.88 Å². The Morgan fingerprint density at radius 3 is 2.82 bits per heavy atom. The molecule has 1 saturated heterocycles. The Labute approximate surface area is 172 Å². The van der Waals surface area contributed by atoms with Crippen molar-refractivity contribution in [2.75, 3.05) is 20.8 Å². The Kier molecular flexibility index (Phi) is 5.64. The van der Waals surface area contributed by atoms with Crippen molar-refractivity contribution in [2.24, 2.45) is 0 Å². The number of hydrogen-bond donors (Lipinski definition) is 0. The second kappa shape index (κ2) is 8.32. The number of carbonyl (C=O) groups is 1. The molecule has 3 aromatic rings. The van der Waals surface area contributed by atoms with Crippen LogP contribution in [0.3, 0.4) is 0 Å². The van der Waals surface area contributed by atoms with Crippen molar-refractivity contribution < 1.29 is 14.3 Å². The molecule has 146 valence electrons. The number of aromatic nitrogens is 1. The van der Waals surface area contributed by atoms with E-state index in [9.17, 15) is 4.79 Å². The largest absolute Gasteiger partial charge is 0.493 e. The second-order valence-electron chi connectivity index (χ2n) is 6.69. The highest BCUT2D eigenvalue weighted by Crippen LogP contribution is 2.37. The lowest BCUT2D eigenvalue weighted by atomic mass is 10.0. The minimum atomic E-state index is 0.0716. The van der Waals surface area contributed by atoms with Crippen LogP contribution in [0.2, 0.25) is 0 Å². The minimum absolute atomic E-state index is 0.0716. The second-order valence-corrected chi connectivity index (χ2v) is 8.33. The van der Waals surface area contributed by atoms with Crippen molar-refractivity contribution >= 4 is 28.6 Å². The predicted octanol–water partition coefficient (Wildman–Crippen LogP) is 4.80. The van der Waals surface area contributed by atoms with Crippen molar-refractivity contribution in [2.45, 2.75) is 25.3 Å². The van der Waals surface area contributed by atoms with Crippen molar-refractivity contribution in [3.05, 3.63) is 51.7 Å². The third-order valence-electron chi connectivity index (χ3n) is 5.02. The molecule has 0 bridgehead atoms. The van der Waals surface area contributed by atoms with Gasteiger partial charge in [-0.05, 0) is 42.0 Å². The zero-order chi connectivity index (χ0) is 19.5. The highest BCUT2D eigenvalue weighted by molar-refractivity contribution is 7.14. The summed E-state index contributed by atoms with van der Waals surface area (Å²) in [6, 6.07) is 8.04. The lowest BCUT2D eigenvalue weighted by molar-refractivity contribution is -0.131. The number of amides is 1. The third kappa shape index (κ3) is 3.77. The number of thiophene rings is 1. The van der Waals surface area contributed by atoms with E-state index < -0.39 is 0 Å². The van der Waals surface area contributed by atoms with Crippen LogP contribution in [0, 0.1) is 0 Å². The van der Waals surface area contributed by atoms with Crippen LogP contribution in [-0.2, 0) is 11.2 Å². The number of ether oxygens (including phenoxy) is 2. The molecule has 0 aliphatic carbocycles. The van der Waals surface area contributed by atoms with Crippen LogP contribution in [0.25, 0.3) is 10.6 Å². The van der Waals surface area contributed by atoms with Gasteiger partial charge in [-0.25, -0.2) is 4.98 Å². The van der Waals surface area contributed by atoms with Gasteiger partial charge < -0.3 is 14.4 Å². The normalized spacial score (nSPS) is 16.4. The quantitative estimate of drug-likeness (QED) is 0.582. The Morgan fingerprint density at radius 1 is 1.21 bits per heavy atom. The number of methoxy groups -OCH3 is 2. The van der Waals surface area contributed by atoms with E-state index in [1.54, 1.807) is 36.9 Å².